The number of benzene rings is 1. The summed E-state index contributed by atoms with van der Waals surface area (Å²) < 4.78 is 14.3. The van der Waals surface area contributed by atoms with Crippen LogP contribution in [0.3, 0.4) is 0 Å². The average Bonchev–Trinajstić information content (AvgIpc) is 2.78. The fourth-order valence-electron chi connectivity index (χ4n) is 2.00. The van der Waals surface area contributed by atoms with Crippen molar-refractivity contribution in [3.63, 3.8) is 0 Å². The summed E-state index contributed by atoms with van der Waals surface area (Å²) in [5.41, 5.74) is 6.13. The second-order valence-electron chi connectivity index (χ2n) is 4.13. The van der Waals surface area contributed by atoms with Crippen molar-refractivity contribution in [2.45, 2.75) is 12.5 Å². The summed E-state index contributed by atoms with van der Waals surface area (Å²) in [6, 6.07) is 3.13. The summed E-state index contributed by atoms with van der Waals surface area (Å²) in [5, 5.41) is 20.9. The minimum Gasteiger partial charge on any atom is -0.409 e. The summed E-state index contributed by atoms with van der Waals surface area (Å²) in [6.07, 6.45) is 0.200. The van der Waals surface area contributed by atoms with E-state index in [1.165, 1.54) is 0 Å². The van der Waals surface area contributed by atoms with Crippen molar-refractivity contribution in [3.8, 4) is 0 Å². The van der Waals surface area contributed by atoms with Gasteiger partial charge >= 0.3 is 0 Å². The monoisotopic (exact) mass is 317 g/mol. The Bertz CT molecular complexity index is 495. The third-order valence-electron chi connectivity index (χ3n) is 2.95. The molecule has 0 spiro atoms. The van der Waals surface area contributed by atoms with Gasteiger partial charge in [0.15, 0.2) is 11.7 Å². The molecule has 0 aromatic heterocycles. The minimum atomic E-state index is -0.479. The number of oxime groups is 1. The van der Waals surface area contributed by atoms with E-state index in [2.05, 4.69) is 21.1 Å². The number of nitrogens with zero attached hydrogens (tertiary/aromatic N) is 2. The maximum atomic E-state index is 14.2. The molecule has 1 saturated heterocycles. The van der Waals surface area contributed by atoms with Gasteiger partial charge in [0, 0.05) is 18.7 Å². The van der Waals surface area contributed by atoms with E-state index >= 15 is 0 Å². The van der Waals surface area contributed by atoms with E-state index in [4.69, 9.17) is 10.9 Å². The molecule has 1 fully saturated rings. The van der Waals surface area contributed by atoms with Gasteiger partial charge in [-0.1, -0.05) is 5.16 Å². The maximum absolute atomic E-state index is 14.2. The second kappa shape index (κ2) is 5.11. The van der Waals surface area contributed by atoms with Gasteiger partial charge in [-0.05, 0) is 34.5 Å². The smallest absolute Gasteiger partial charge is 0.171 e. The van der Waals surface area contributed by atoms with Gasteiger partial charge < -0.3 is 20.9 Å². The van der Waals surface area contributed by atoms with Crippen LogP contribution in [0.5, 0.6) is 0 Å². The Kier molecular flexibility index (Phi) is 3.72. The second-order valence-corrected chi connectivity index (χ2v) is 4.93. The van der Waals surface area contributed by atoms with Crippen LogP contribution in [0.15, 0.2) is 21.8 Å². The van der Waals surface area contributed by atoms with Crippen molar-refractivity contribution in [3.05, 3.63) is 28.0 Å². The number of nitrogens with two attached hydrogens (primary N) is 1. The highest BCUT2D eigenvalue weighted by molar-refractivity contribution is 9.10. The molecule has 4 N–H and O–H groups in total. The Morgan fingerprint density at radius 3 is 2.83 bits per heavy atom. The summed E-state index contributed by atoms with van der Waals surface area (Å²) in [5.74, 6) is -0.637. The van der Waals surface area contributed by atoms with Crippen molar-refractivity contribution in [2.24, 2.45) is 10.9 Å². The Morgan fingerprint density at radius 1 is 1.56 bits per heavy atom. The predicted octanol–water partition coefficient (Wildman–Crippen LogP) is 1.25. The summed E-state index contributed by atoms with van der Waals surface area (Å²) >= 11 is 3.10. The molecule has 1 atom stereocenters. The number of amidine groups is 1. The fourth-order valence-corrected chi connectivity index (χ4v) is 2.53. The molecular formula is C11H13BrFN3O2. The predicted molar refractivity (Wildman–Crippen MR) is 69.4 cm³/mol. The summed E-state index contributed by atoms with van der Waals surface area (Å²) in [7, 11) is 0. The highest BCUT2D eigenvalue weighted by Crippen LogP contribution is 2.31. The zero-order chi connectivity index (χ0) is 13.3. The molecule has 0 radical (unpaired) electrons. The molecule has 0 amide bonds. The van der Waals surface area contributed by atoms with Crippen LogP contribution >= 0.6 is 15.9 Å². The zero-order valence-corrected chi connectivity index (χ0v) is 11.1. The first-order chi connectivity index (χ1) is 8.54. The van der Waals surface area contributed by atoms with Gasteiger partial charge in [-0.2, -0.15) is 0 Å². The molecule has 5 nitrogen and oxygen atoms in total. The van der Waals surface area contributed by atoms with E-state index < -0.39 is 11.9 Å². The first kappa shape index (κ1) is 13.1. The molecule has 1 aliphatic heterocycles. The molecule has 1 heterocycles. The van der Waals surface area contributed by atoms with Crippen LogP contribution < -0.4 is 10.6 Å². The molecule has 1 unspecified atom stereocenters. The lowest BCUT2D eigenvalue weighted by Gasteiger charge is -2.20. The van der Waals surface area contributed by atoms with Crippen LogP contribution in [0, 0.1) is 5.82 Å². The highest BCUT2D eigenvalue weighted by Gasteiger charge is 2.24. The van der Waals surface area contributed by atoms with Gasteiger partial charge in [0.1, 0.15) is 0 Å². The van der Waals surface area contributed by atoms with Crippen molar-refractivity contribution >= 4 is 27.5 Å². The molecule has 7 heteroatoms. The highest BCUT2D eigenvalue weighted by atomic mass is 79.9. The molecule has 0 aliphatic carbocycles. The molecular weight excluding hydrogens is 305 g/mol. The molecule has 0 saturated carbocycles. The molecule has 18 heavy (non-hydrogen) atoms. The van der Waals surface area contributed by atoms with Crippen LogP contribution in [0.4, 0.5) is 10.1 Å². The number of β-amino-alcohol motifs (C(OH)–C–C–N with tert-alkyl or cyclic N) is 1. The number of hydrogen-bond donors (Lipinski definition) is 3. The Hall–Kier alpha value is -1.34. The van der Waals surface area contributed by atoms with Crippen LogP contribution in [-0.2, 0) is 0 Å². The van der Waals surface area contributed by atoms with Gasteiger partial charge in [-0.3, -0.25) is 0 Å². The first-order valence-corrected chi connectivity index (χ1v) is 6.22. The largest absolute Gasteiger partial charge is 0.409 e. The van der Waals surface area contributed by atoms with E-state index in [0.717, 1.165) is 0 Å². The SMILES string of the molecule is N/C(=N/O)c1ccc(N2CCC(O)C2)c(F)c1Br. The van der Waals surface area contributed by atoms with Crippen LogP contribution in [0.2, 0.25) is 0 Å². The average molecular weight is 318 g/mol. The Morgan fingerprint density at radius 2 is 2.28 bits per heavy atom. The van der Waals surface area contributed by atoms with Crippen molar-refractivity contribution < 1.29 is 14.7 Å². The number of halogens is 2. The fraction of sp³-hybridized carbons (Fsp3) is 0.364. The quantitative estimate of drug-likeness (QED) is 0.332. The van der Waals surface area contributed by atoms with E-state index in [0.29, 0.717) is 30.8 Å². The van der Waals surface area contributed by atoms with Crippen molar-refractivity contribution in [1.29, 1.82) is 0 Å². The Balaban J connectivity index is 2.38. The normalized spacial score (nSPS) is 20.5. The maximum Gasteiger partial charge on any atom is 0.171 e. The van der Waals surface area contributed by atoms with Gasteiger partial charge in [-0.15, -0.1) is 0 Å². The van der Waals surface area contributed by atoms with Gasteiger partial charge in [0.05, 0.1) is 16.3 Å². The molecule has 2 rings (SSSR count). The Labute approximate surface area is 112 Å². The van der Waals surface area contributed by atoms with E-state index in [1.807, 2.05) is 0 Å². The summed E-state index contributed by atoms with van der Waals surface area (Å²) in [4.78, 5) is 1.76. The third-order valence-corrected chi connectivity index (χ3v) is 3.72. The molecule has 1 aliphatic rings. The minimum absolute atomic E-state index is 0.150. The molecule has 0 bridgehead atoms. The van der Waals surface area contributed by atoms with E-state index in [1.54, 1.807) is 17.0 Å². The van der Waals surface area contributed by atoms with E-state index in [9.17, 15) is 9.50 Å². The van der Waals surface area contributed by atoms with Crippen molar-refractivity contribution in [2.75, 3.05) is 18.0 Å². The lowest BCUT2D eigenvalue weighted by atomic mass is 10.1. The third kappa shape index (κ3) is 2.28. The number of hydrogen-bond acceptors (Lipinski definition) is 4. The van der Waals surface area contributed by atoms with Gasteiger partial charge in [0.25, 0.3) is 0 Å². The zero-order valence-electron chi connectivity index (χ0n) is 9.48. The standard InChI is InChI=1S/C11H13BrFN3O2/c12-9-7(11(14)15-18)1-2-8(10(9)13)16-4-3-6(17)5-16/h1-2,6,17-18H,3-5H2,(H2,14,15). The molecule has 1 aromatic carbocycles. The first-order valence-electron chi connectivity index (χ1n) is 5.43. The number of anilines is 1. The van der Waals surface area contributed by atoms with E-state index in [-0.39, 0.29) is 10.3 Å². The van der Waals surface area contributed by atoms with Crippen LogP contribution in [-0.4, -0.2) is 35.3 Å². The summed E-state index contributed by atoms with van der Waals surface area (Å²) in [6.45, 7) is 1.01. The van der Waals surface area contributed by atoms with Crippen LogP contribution in [0.1, 0.15) is 12.0 Å². The number of aliphatic hydroxyl groups is 1. The van der Waals surface area contributed by atoms with Crippen molar-refractivity contribution in [1.82, 2.24) is 0 Å². The number of rotatable bonds is 2. The number of aliphatic hydroxyl groups excluding tert-OH is 1. The van der Waals surface area contributed by atoms with Crippen LogP contribution in [0.25, 0.3) is 0 Å². The van der Waals surface area contributed by atoms with Gasteiger partial charge in [-0.25, -0.2) is 4.39 Å². The lowest BCUT2D eigenvalue weighted by Crippen LogP contribution is -2.23. The molecule has 98 valence electrons. The topological polar surface area (TPSA) is 82.1 Å². The molecule has 1 aromatic rings. The lowest BCUT2D eigenvalue weighted by molar-refractivity contribution is 0.198. The van der Waals surface area contributed by atoms with Gasteiger partial charge in [0.2, 0.25) is 0 Å².